The molecule has 1 heterocycles. The van der Waals surface area contributed by atoms with Gasteiger partial charge in [-0.05, 0) is 49.4 Å². The number of aromatic nitrogens is 1. The van der Waals surface area contributed by atoms with Gasteiger partial charge in [0.15, 0.2) is 0 Å². The lowest BCUT2D eigenvalue weighted by molar-refractivity contribution is -0.920. The Morgan fingerprint density at radius 1 is 1.11 bits per heavy atom. The first-order valence-corrected chi connectivity index (χ1v) is 10.9. The van der Waals surface area contributed by atoms with Crippen molar-refractivity contribution in [1.29, 1.82) is 0 Å². The van der Waals surface area contributed by atoms with Gasteiger partial charge < -0.3 is 14.6 Å². The maximum absolute atomic E-state index is 10.3. The third kappa shape index (κ3) is 5.95. The average Bonchev–Trinajstić information content (AvgIpc) is 3.11. The summed E-state index contributed by atoms with van der Waals surface area (Å²) in [6.45, 7) is 8.28. The summed E-state index contributed by atoms with van der Waals surface area (Å²) in [7, 11) is 0. The van der Waals surface area contributed by atoms with E-state index in [2.05, 4.69) is 61.0 Å². The summed E-state index contributed by atoms with van der Waals surface area (Å²) < 4.78 is 2.39. The van der Waals surface area contributed by atoms with Gasteiger partial charge in [0.25, 0.3) is 0 Å². The Morgan fingerprint density at radius 3 is 2.63 bits per heavy atom. The molecule has 0 saturated heterocycles. The maximum Gasteiger partial charge on any atom is 0.118 e. The molecular weight excluding hydrogens is 332 g/mol. The van der Waals surface area contributed by atoms with Crippen molar-refractivity contribution < 1.29 is 10.0 Å². The Morgan fingerprint density at radius 2 is 1.89 bits per heavy atom. The van der Waals surface area contributed by atoms with E-state index >= 15 is 0 Å². The van der Waals surface area contributed by atoms with Gasteiger partial charge in [-0.3, -0.25) is 0 Å². The molecule has 1 aromatic carbocycles. The van der Waals surface area contributed by atoms with Gasteiger partial charge in [-0.1, -0.05) is 50.5 Å². The lowest BCUT2D eigenvalue weighted by atomic mass is 9.89. The fourth-order valence-electron chi connectivity index (χ4n) is 4.50. The van der Waals surface area contributed by atoms with E-state index in [4.69, 9.17) is 0 Å². The predicted molar refractivity (Wildman–Crippen MR) is 112 cm³/mol. The fourth-order valence-corrected chi connectivity index (χ4v) is 4.50. The summed E-state index contributed by atoms with van der Waals surface area (Å²) >= 11 is 0. The van der Waals surface area contributed by atoms with Gasteiger partial charge >= 0.3 is 0 Å². The highest BCUT2D eigenvalue weighted by Crippen LogP contribution is 2.22. The van der Waals surface area contributed by atoms with Crippen LogP contribution < -0.4 is 4.90 Å². The van der Waals surface area contributed by atoms with Crippen LogP contribution in [0.15, 0.2) is 42.6 Å². The first kappa shape index (κ1) is 20.2. The van der Waals surface area contributed by atoms with Crippen molar-refractivity contribution >= 4 is 0 Å². The summed E-state index contributed by atoms with van der Waals surface area (Å²) in [6, 6.07) is 13.1. The van der Waals surface area contributed by atoms with E-state index in [-0.39, 0.29) is 6.10 Å². The molecule has 2 atom stereocenters. The zero-order valence-corrected chi connectivity index (χ0v) is 17.2. The number of hydrogen-bond acceptors (Lipinski definition) is 1. The third-order valence-electron chi connectivity index (χ3n) is 6.25. The number of nitrogens with one attached hydrogen (secondary N) is 1. The molecule has 0 aliphatic heterocycles. The van der Waals surface area contributed by atoms with Crippen molar-refractivity contribution in [2.24, 2.45) is 5.92 Å². The first-order valence-electron chi connectivity index (χ1n) is 10.9. The van der Waals surface area contributed by atoms with Crippen LogP contribution in [0.5, 0.6) is 0 Å². The first-order chi connectivity index (χ1) is 13.2. The lowest BCUT2D eigenvalue weighted by Crippen LogP contribution is -3.12. The number of quaternary nitrogens is 1. The van der Waals surface area contributed by atoms with Crippen LogP contribution in [0, 0.1) is 12.8 Å². The monoisotopic (exact) mass is 369 g/mol. The van der Waals surface area contributed by atoms with Crippen LogP contribution in [0.3, 0.4) is 0 Å². The molecule has 1 fully saturated rings. The molecule has 3 heteroatoms. The average molecular weight is 370 g/mol. The highest BCUT2D eigenvalue weighted by molar-refractivity contribution is 5.26. The van der Waals surface area contributed by atoms with Crippen molar-refractivity contribution in [1.82, 2.24) is 4.57 Å². The van der Waals surface area contributed by atoms with Crippen molar-refractivity contribution in [3.8, 4) is 0 Å². The normalized spacial score (nSPS) is 17.7. The van der Waals surface area contributed by atoms with Crippen molar-refractivity contribution in [3.05, 3.63) is 59.4 Å². The number of rotatable bonds is 9. The molecule has 2 N–H and O–H groups in total. The van der Waals surface area contributed by atoms with Gasteiger partial charge in [-0.2, -0.15) is 0 Å². The fraction of sp³-hybridized carbons (Fsp3) is 0.583. The molecule has 1 unspecified atom stereocenters. The zero-order valence-electron chi connectivity index (χ0n) is 17.2. The lowest BCUT2D eigenvalue weighted by Gasteiger charge is -2.29. The Kier molecular flexibility index (Phi) is 7.54. The van der Waals surface area contributed by atoms with Crippen LogP contribution in [0.2, 0.25) is 0 Å². The van der Waals surface area contributed by atoms with E-state index in [1.807, 2.05) is 0 Å². The maximum atomic E-state index is 10.3. The topological polar surface area (TPSA) is 29.6 Å². The van der Waals surface area contributed by atoms with Gasteiger partial charge in [0.2, 0.25) is 0 Å². The van der Waals surface area contributed by atoms with Crippen molar-refractivity contribution in [2.75, 3.05) is 13.1 Å². The molecule has 1 aliphatic carbocycles. The second kappa shape index (κ2) is 10.1. The molecule has 3 rings (SSSR count). The summed E-state index contributed by atoms with van der Waals surface area (Å²) in [5.41, 5.74) is 4.12. The van der Waals surface area contributed by atoms with Crippen LogP contribution in [0.1, 0.15) is 62.3 Å². The Labute approximate surface area is 165 Å². The molecule has 0 radical (unpaired) electrons. The minimum absolute atomic E-state index is 0.191. The third-order valence-corrected chi connectivity index (χ3v) is 6.25. The van der Waals surface area contributed by atoms with E-state index in [0.717, 1.165) is 32.0 Å². The predicted octanol–water partition coefficient (Wildman–Crippen LogP) is 3.58. The van der Waals surface area contributed by atoms with E-state index in [1.165, 1.54) is 55.5 Å². The van der Waals surface area contributed by atoms with Gasteiger partial charge in [-0.25, -0.2) is 0 Å². The van der Waals surface area contributed by atoms with E-state index in [1.54, 1.807) is 4.90 Å². The molecule has 0 amide bonds. The number of aliphatic hydroxyl groups is 1. The summed E-state index contributed by atoms with van der Waals surface area (Å²) in [5, 5.41) is 10.3. The van der Waals surface area contributed by atoms with Gasteiger partial charge in [0, 0.05) is 18.7 Å². The Bertz CT molecular complexity index is 687. The Balaban J connectivity index is 1.69. The van der Waals surface area contributed by atoms with E-state index in [0.29, 0.717) is 0 Å². The Hall–Kier alpha value is -1.58. The second-order valence-corrected chi connectivity index (χ2v) is 8.46. The standard InChI is InChI=1S/C24H36N2O/c1-3-24(27)19-25(16-21-11-5-4-6-12-21)18-23-14-9-15-26(23)17-22-13-8-7-10-20(22)2/h7-10,13-15,21,24,27H,3-6,11-12,16-19H2,1-2H3/p+1/t24-/m1/s1. The van der Waals surface area contributed by atoms with Crippen molar-refractivity contribution in [3.63, 3.8) is 0 Å². The minimum Gasteiger partial charge on any atom is -0.387 e. The molecule has 148 valence electrons. The number of aliphatic hydroxyl groups excluding tert-OH is 1. The molecule has 1 saturated carbocycles. The molecule has 1 aliphatic rings. The smallest absolute Gasteiger partial charge is 0.118 e. The molecule has 0 bridgehead atoms. The summed E-state index contributed by atoms with van der Waals surface area (Å²) in [5.74, 6) is 0.831. The highest BCUT2D eigenvalue weighted by Gasteiger charge is 2.23. The molecule has 27 heavy (non-hydrogen) atoms. The molecule has 0 spiro atoms. The molecule has 1 aromatic heterocycles. The van der Waals surface area contributed by atoms with Crippen LogP contribution in [0.25, 0.3) is 0 Å². The van der Waals surface area contributed by atoms with Crippen LogP contribution >= 0.6 is 0 Å². The van der Waals surface area contributed by atoms with Crippen LogP contribution in [-0.2, 0) is 13.1 Å². The number of benzene rings is 1. The van der Waals surface area contributed by atoms with Gasteiger partial charge in [0.05, 0.1) is 12.2 Å². The van der Waals surface area contributed by atoms with E-state index in [9.17, 15) is 5.11 Å². The van der Waals surface area contributed by atoms with Gasteiger partial charge in [0.1, 0.15) is 19.2 Å². The molecular formula is C24H37N2O+. The second-order valence-electron chi connectivity index (χ2n) is 8.46. The largest absolute Gasteiger partial charge is 0.387 e. The van der Waals surface area contributed by atoms with E-state index < -0.39 is 0 Å². The highest BCUT2D eigenvalue weighted by atomic mass is 16.3. The molecule has 2 aromatic rings. The van der Waals surface area contributed by atoms with Crippen molar-refractivity contribution in [2.45, 2.75) is 71.6 Å². The van der Waals surface area contributed by atoms with Crippen LogP contribution in [-0.4, -0.2) is 28.9 Å². The summed E-state index contributed by atoms with van der Waals surface area (Å²) in [6.07, 6.45) is 9.78. The van der Waals surface area contributed by atoms with Gasteiger partial charge in [-0.15, -0.1) is 0 Å². The number of aryl methyl sites for hydroxylation is 1. The number of nitrogens with zero attached hydrogens (tertiary/aromatic N) is 1. The minimum atomic E-state index is -0.191. The zero-order chi connectivity index (χ0) is 19.1. The quantitative estimate of drug-likeness (QED) is 0.695. The van der Waals surface area contributed by atoms with Crippen LogP contribution in [0.4, 0.5) is 0 Å². The molecule has 3 nitrogen and oxygen atoms in total. The number of hydrogen-bond donors (Lipinski definition) is 2. The SMILES string of the molecule is CC[C@@H](O)C[NH+](Cc1cccn1Cc1ccccc1C)CC1CCCCC1. The summed E-state index contributed by atoms with van der Waals surface area (Å²) in [4.78, 5) is 1.54.